The fraction of sp³-hybridized carbons (Fsp3) is 0.611. The summed E-state index contributed by atoms with van der Waals surface area (Å²) in [5, 5.41) is -0.642. The number of nitrogens with zero attached hydrogens (tertiary/aromatic N) is 2. The Morgan fingerprint density at radius 3 is 2.23 bits per heavy atom. The molecule has 0 bridgehead atoms. The highest BCUT2D eigenvalue weighted by atomic mass is 35.5. The van der Waals surface area contributed by atoms with Crippen LogP contribution < -0.4 is 0 Å². The fourth-order valence-corrected chi connectivity index (χ4v) is 5.11. The summed E-state index contributed by atoms with van der Waals surface area (Å²) in [6.45, 7) is -0.235. The number of sulfonamides is 1. The van der Waals surface area contributed by atoms with E-state index < -0.39 is 56.2 Å². The molecule has 1 fully saturated rings. The van der Waals surface area contributed by atoms with Crippen molar-refractivity contribution in [1.29, 1.82) is 0 Å². The van der Waals surface area contributed by atoms with Gasteiger partial charge in [-0.15, -0.1) is 0 Å². The van der Waals surface area contributed by atoms with Crippen LogP contribution in [-0.4, -0.2) is 55.9 Å². The van der Waals surface area contributed by atoms with Crippen molar-refractivity contribution < 1.29 is 39.6 Å². The lowest BCUT2D eigenvalue weighted by Gasteiger charge is -2.34. The molecule has 1 aliphatic rings. The first-order chi connectivity index (χ1) is 14.2. The molecule has 0 unspecified atom stereocenters. The van der Waals surface area contributed by atoms with E-state index >= 15 is 0 Å². The van der Waals surface area contributed by atoms with Gasteiger partial charge in [0, 0.05) is 25.6 Å². The molecule has 0 atom stereocenters. The van der Waals surface area contributed by atoms with E-state index in [1.54, 1.807) is 6.92 Å². The second kappa shape index (κ2) is 9.53. The average molecular weight is 495 g/mol. The van der Waals surface area contributed by atoms with Crippen molar-refractivity contribution in [3.8, 4) is 0 Å². The fourth-order valence-electron chi connectivity index (χ4n) is 3.39. The second-order valence-corrected chi connectivity index (χ2v) is 9.54. The minimum atomic E-state index is -4.84. The molecule has 13 heteroatoms. The van der Waals surface area contributed by atoms with Gasteiger partial charge in [-0.3, -0.25) is 4.79 Å². The summed E-state index contributed by atoms with van der Waals surface area (Å²) < 4.78 is 104. The number of alkyl halides is 6. The van der Waals surface area contributed by atoms with Crippen LogP contribution in [0.3, 0.4) is 0 Å². The number of piperidine rings is 1. The second-order valence-electron chi connectivity index (χ2n) is 7.19. The smallest absolute Gasteiger partial charge is 0.333 e. The monoisotopic (exact) mass is 494 g/mol. The lowest BCUT2D eigenvalue weighted by Crippen LogP contribution is -2.47. The highest BCUT2D eigenvalue weighted by molar-refractivity contribution is 7.89. The Labute approximate surface area is 181 Å². The molecule has 0 spiro atoms. The number of hydrogen-bond acceptors (Lipinski definition) is 3. The third kappa shape index (κ3) is 6.48. The molecule has 1 saturated heterocycles. The molecular weight excluding hydrogens is 474 g/mol. The van der Waals surface area contributed by atoms with Crippen LogP contribution >= 0.6 is 11.6 Å². The summed E-state index contributed by atoms with van der Waals surface area (Å²) in [5.41, 5.74) is -1.29. The zero-order valence-electron chi connectivity index (χ0n) is 16.4. The van der Waals surface area contributed by atoms with Crippen LogP contribution in [0.2, 0.25) is 5.02 Å². The first-order valence-corrected chi connectivity index (χ1v) is 11.2. The lowest BCUT2D eigenvalue weighted by molar-refractivity contribution is -0.164. The van der Waals surface area contributed by atoms with Gasteiger partial charge in [0.15, 0.2) is 0 Å². The highest BCUT2D eigenvalue weighted by Gasteiger charge is 2.39. The Morgan fingerprint density at radius 2 is 1.74 bits per heavy atom. The number of carbonyl (C=O) groups is 1. The van der Waals surface area contributed by atoms with Gasteiger partial charge in [0.05, 0.1) is 15.5 Å². The van der Waals surface area contributed by atoms with E-state index in [1.807, 2.05) is 0 Å². The zero-order chi connectivity index (χ0) is 23.6. The molecule has 1 aliphatic heterocycles. The maximum absolute atomic E-state index is 13.0. The summed E-state index contributed by atoms with van der Waals surface area (Å²) in [7, 11) is -4.30. The third-order valence-corrected chi connectivity index (χ3v) is 7.08. The molecule has 31 heavy (non-hydrogen) atoms. The molecule has 1 amide bonds. The van der Waals surface area contributed by atoms with Crippen LogP contribution in [0.5, 0.6) is 0 Å². The van der Waals surface area contributed by atoms with Gasteiger partial charge in [0.2, 0.25) is 15.9 Å². The number of hydrogen-bond donors (Lipinski definition) is 0. The molecular formula is C18H21ClF6N2O3S. The molecule has 0 aromatic heterocycles. The van der Waals surface area contributed by atoms with Crippen LogP contribution in [0.4, 0.5) is 26.3 Å². The van der Waals surface area contributed by atoms with E-state index in [0.717, 1.165) is 16.4 Å². The van der Waals surface area contributed by atoms with Crippen molar-refractivity contribution in [3.05, 3.63) is 28.8 Å². The van der Waals surface area contributed by atoms with Gasteiger partial charge in [-0.2, -0.15) is 30.6 Å². The minimum Gasteiger partial charge on any atom is -0.333 e. The van der Waals surface area contributed by atoms with Crippen LogP contribution in [0, 0.1) is 5.92 Å². The molecule has 0 saturated carbocycles. The molecule has 0 radical (unpaired) electrons. The summed E-state index contributed by atoms with van der Waals surface area (Å²) in [6.07, 6.45) is -9.14. The van der Waals surface area contributed by atoms with Gasteiger partial charge in [-0.25, -0.2) is 8.42 Å². The lowest BCUT2D eigenvalue weighted by atomic mass is 9.96. The Hall–Kier alpha value is -1.53. The Morgan fingerprint density at radius 1 is 1.16 bits per heavy atom. The van der Waals surface area contributed by atoms with E-state index in [0.29, 0.717) is 17.4 Å². The molecule has 1 heterocycles. The summed E-state index contributed by atoms with van der Waals surface area (Å²) in [4.78, 5) is 12.6. The van der Waals surface area contributed by atoms with Gasteiger partial charge in [-0.1, -0.05) is 18.5 Å². The Kier molecular flexibility index (Phi) is 7.91. The summed E-state index contributed by atoms with van der Waals surface area (Å²) in [6, 6.07) is 2.24. The summed E-state index contributed by atoms with van der Waals surface area (Å²) >= 11 is 5.52. The van der Waals surface area contributed by atoms with Crippen molar-refractivity contribution in [2.75, 3.05) is 26.2 Å². The predicted molar refractivity (Wildman–Crippen MR) is 101 cm³/mol. The van der Waals surface area contributed by atoms with Crippen molar-refractivity contribution in [1.82, 2.24) is 9.21 Å². The molecule has 0 N–H and O–H groups in total. The number of benzene rings is 1. The van der Waals surface area contributed by atoms with Crippen LogP contribution in [0.1, 0.15) is 31.7 Å². The molecule has 176 valence electrons. The van der Waals surface area contributed by atoms with Gasteiger partial charge in [0.25, 0.3) is 0 Å². The van der Waals surface area contributed by atoms with E-state index in [-0.39, 0.29) is 32.5 Å². The largest absolute Gasteiger partial charge is 0.417 e. The topological polar surface area (TPSA) is 57.7 Å². The molecule has 1 aromatic carbocycles. The molecule has 0 aliphatic carbocycles. The standard InChI is InChI=1S/C18H21ClF6N2O3S/c1-2-7-26(11-17(20,21)22)16(28)12-5-8-27(9-6-12)31(29,30)13-3-4-15(19)14(10-13)18(23,24)25/h3-4,10,12H,2,5-9,11H2,1H3. The SMILES string of the molecule is CCCN(CC(F)(F)F)C(=O)C1CCN(S(=O)(=O)c2ccc(Cl)c(C(F)(F)F)c2)CC1. The van der Waals surface area contributed by atoms with Crippen LogP contribution in [0.25, 0.3) is 0 Å². The Balaban J connectivity index is 2.14. The van der Waals surface area contributed by atoms with Crippen molar-refractivity contribution in [3.63, 3.8) is 0 Å². The van der Waals surface area contributed by atoms with Crippen LogP contribution in [-0.2, 0) is 21.0 Å². The van der Waals surface area contributed by atoms with Crippen molar-refractivity contribution in [2.24, 2.45) is 5.92 Å². The Bertz CT molecular complexity index is 897. The quantitative estimate of drug-likeness (QED) is 0.545. The number of halogens is 7. The van der Waals surface area contributed by atoms with Gasteiger partial charge in [0.1, 0.15) is 6.54 Å². The van der Waals surface area contributed by atoms with Gasteiger partial charge < -0.3 is 4.90 Å². The first-order valence-electron chi connectivity index (χ1n) is 9.39. The maximum atomic E-state index is 13.0. The highest BCUT2D eigenvalue weighted by Crippen LogP contribution is 2.37. The minimum absolute atomic E-state index is 0.0319. The maximum Gasteiger partial charge on any atom is 0.417 e. The number of amides is 1. The van der Waals surface area contributed by atoms with Gasteiger partial charge >= 0.3 is 12.4 Å². The van der Waals surface area contributed by atoms with E-state index in [4.69, 9.17) is 11.6 Å². The van der Waals surface area contributed by atoms with E-state index in [9.17, 15) is 39.6 Å². The number of carbonyl (C=O) groups excluding carboxylic acids is 1. The number of rotatable bonds is 6. The summed E-state index contributed by atoms with van der Waals surface area (Å²) in [5.74, 6) is -1.50. The third-order valence-electron chi connectivity index (χ3n) is 4.86. The van der Waals surface area contributed by atoms with Gasteiger partial charge in [-0.05, 0) is 37.5 Å². The van der Waals surface area contributed by atoms with Crippen molar-refractivity contribution >= 4 is 27.5 Å². The average Bonchev–Trinajstić information content (AvgIpc) is 2.65. The molecule has 2 rings (SSSR count). The van der Waals surface area contributed by atoms with E-state index in [1.165, 1.54) is 0 Å². The molecule has 1 aromatic rings. The molecule has 5 nitrogen and oxygen atoms in total. The van der Waals surface area contributed by atoms with Crippen molar-refractivity contribution in [2.45, 2.75) is 43.4 Å². The first kappa shape index (κ1) is 25.7. The van der Waals surface area contributed by atoms with Crippen LogP contribution in [0.15, 0.2) is 23.1 Å². The van der Waals surface area contributed by atoms with E-state index in [2.05, 4.69) is 0 Å². The zero-order valence-corrected chi connectivity index (χ0v) is 18.0. The normalized spacial score (nSPS) is 17.0. The predicted octanol–water partition coefficient (Wildman–Crippen LogP) is 4.56.